The van der Waals surface area contributed by atoms with E-state index in [4.69, 9.17) is 0 Å². The summed E-state index contributed by atoms with van der Waals surface area (Å²) in [4.78, 5) is 15.5. The number of nitrogens with zero attached hydrogens (tertiary/aromatic N) is 4. The monoisotopic (exact) mass is 292 g/mol. The van der Waals surface area contributed by atoms with E-state index >= 15 is 0 Å². The average molecular weight is 292 g/mol. The zero-order valence-electron chi connectivity index (χ0n) is 12.0. The van der Waals surface area contributed by atoms with E-state index in [0.29, 0.717) is 16.6 Å². The van der Waals surface area contributed by atoms with Crippen molar-refractivity contribution < 1.29 is 9.90 Å². The van der Waals surface area contributed by atoms with Crippen LogP contribution in [0.1, 0.15) is 21.7 Å². The first kappa shape index (κ1) is 13.8. The fraction of sp³-hybridized carbons (Fsp3) is 0.125. The van der Waals surface area contributed by atoms with E-state index < -0.39 is 5.97 Å². The Labute approximate surface area is 126 Å². The van der Waals surface area contributed by atoms with Gasteiger partial charge in [0.1, 0.15) is 11.8 Å². The van der Waals surface area contributed by atoms with Gasteiger partial charge in [0.15, 0.2) is 0 Å². The second-order valence-corrected chi connectivity index (χ2v) is 4.94. The molecule has 108 valence electrons. The molecule has 0 aliphatic heterocycles. The molecule has 0 saturated carbocycles. The second kappa shape index (κ2) is 4.97. The smallest absolute Gasteiger partial charge is 0.354 e. The molecule has 3 rings (SSSR count). The summed E-state index contributed by atoms with van der Waals surface area (Å²) in [6.45, 7) is 1.91. The summed E-state index contributed by atoms with van der Waals surface area (Å²) >= 11 is 0. The van der Waals surface area contributed by atoms with Gasteiger partial charge in [0, 0.05) is 23.7 Å². The van der Waals surface area contributed by atoms with Gasteiger partial charge >= 0.3 is 5.97 Å². The molecule has 2 heterocycles. The fourth-order valence-electron chi connectivity index (χ4n) is 2.43. The van der Waals surface area contributed by atoms with Gasteiger partial charge in [0.05, 0.1) is 17.3 Å². The van der Waals surface area contributed by atoms with Crippen LogP contribution in [0.2, 0.25) is 0 Å². The first-order chi connectivity index (χ1) is 10.5. The van der Waals surface area contributed by atoms with Crippen LogP contribution in [0.15, 0.2) is 30.5 Å². The first-order valence-electron chi connectivity index (χ1n) is 6.59. The maximum Gasteiger partial charge on any atom is 0.354 e. The molecule has 0 unspecified atom stereocenters. The van der Waals surface area contributed by atoms with Gasteiger partial charge < -0.3 is 5.11 Å². The molecular formula is C16H12N4O2. The molecule has 22 heavy (non-hydrogen) atoms. The van der Waals surface area contributed by atoms with Gasteiger partial charge in [0.25, 0.3) is 0 Å². The minimum Gasteiger partial charge on any atom is -0.477 e. The van der Waals surface area contributed by atoms with E-state index in [1.165, 1.54) is 6.07 Å². The standard InChI is InChI=1S/C16H12N4O2/c1-9-13(8-18-20(9)2)12-6-14(16(21)22)19-15-10(7-17)4-3-5-11(12)15/h3-6,8H,1-2H3,(H,21,22). The van der Waals surface area contributed by atoms with Crippen molar-refractivity contribution in [3.05, 3.63) is 47.4 Å². The van der Waals surface area contributed by atoms with Crippen LogP contribution in [0.3, 0.4) is 0 Å². The van der Waals surface area contributed by atoms with E-state index in [9.17, 15) is 15.2 Å². The van der Waals surface area contributed by atoms with Crippen LogP contribution < -0.4 is 0 Å². The van der Waals surface area contributed by atoms with Crippen LogP contribution in [0.4, 0.5) is 0 Å². The van der Waals surface area contributed by atoms with Crippen molar-refractivity contribution in [2.75, 3.05) is 0 Å². The van der Waals surface area contributed by atoms with Crippen molar-refractivity contribution in [3.8, 4) is 17.2 Å². The Hall–Kier alpha value is -3.20. The Balaban J connectivity index is 2.45. The van der Waals surface area contributed by atoms with Crippen molar-refractivity contribution in [2.45, 2.75) is 6.92 Å². The molecule has 1 aromatic carbocycles. The number of hydrogen-bond donors (Lipinski definition) is 1. The molecule has 3 aromatic rings. The van der Waals surface area contributed by atoms with Crippen LogP contribution in [-0.2, 0) is 7.05 Å². The van der Waals surface area contributed by atoms with Crippen LogP contribution in [0.5, 0.6) is 0 Å². The molecule has 0 amide bonds. The van der Waals surface area contributed by atoms with Gasteiger partial charge in [-0.2, -0.15) is 10.4 Å². The lowest BCUT2D eigenvalue weighted by Crippen LogP contribution is -2.02. The van der Waals surface area contributed by atoms with Crippen LogP contribution in [-0.4, -0.2) is 25.8 Å². The van der Waals surface area contributed by atoms with E-state index in [-0.39, 0.29) is 5.69 Å². The van der Waals surface area contributed by atoms with Crippen molar-refractivity contribution in [3.63, 3.8) is 0 Å². The highest BCUT2D eigenvalue weighted by Gasteiger charge is 2.17. The summed E-state index contributed by atoms with van der Waals surface area (Å²) in [5, 5.41) is 23.5. The zero-order chi connectivity index (χ0) is 15.9. The average Bonchev–Trinajstić information content (AvgIpc) is 2.85. The fourth-order valence-corrected chi connectivity index (χ4v) is 2.43. The number of hydrogen-bond acceptors (Lipinski definition) is 4. The van der Waals surface area contributed by atoms with Gasteiger partial charge in [-0.25, -0.2) is 9.78 Å². The molecule has 0 aliphatic rings. The number of pyridine rings is 1. The molecule has 6 nitrogen and oxygen atoms in total. The Kier molecular flexibility index (Phi) is 3.11. The molecule has 1 N–H and O–H groups in total. The van der Waals surface area contributed by atoms with Crippen molar-refractivity contribution in [2.24, 2.45) is 7.05 Å². The van der Waals surface area contributed by atoms with Crippen molar-refractivity contribution in [1.82, 2.24) is 14.8 Å². The predicted molar refractivity (Wildman–Crippen MR) is 80.4 cm³/mol. The third kappa shape index (κ3) is 2.00. The molecule has 0 atom stereocenters. The third-order valence-electron chi connectivity index (χ3n) is 3.70. The molecule has 2 aromatic heterocycles. The minimum absolute atomic E-state index is 0.0894. The van der Waals surface area contributed by atoms with Gasteiger partial charge in [-0.3, -0.25) is 4.68 Å². The molecule has 0 spiro atoms. The minimum atomic E-state index is -1.13. The maximum absolute atomic E-state index is 11.4. The first-order valence-corrected chi connectivity index (χ1v) is 6.59. The second-order valence-electron chi connectivity index (χ2n) is 4.94. The number of para-hydroxylation sites is 1. The number of rotatable bonds is 2. The molecule has 0 saturated heterocycles. The van der Waals surface area contributed by atoms with E-state index in [1.807, 2.05) is 20.0 Å². The highest BCUT2D eigenvalue weighted by Crippen LogP contribution is 2.31. The summed E-state index contributed by atoms with van der Waals surface area (Å²) in [7, 11) is 1.82. The molecule has 6 heteroatoms. The number of aromatic nitrogens is 3. The largest absolute Gasteiger partial charge is 0.477 e. The number of carbonyl (C=O) groups is 1. The number of nitriles is 1. The summed E-state index contributed by atoms with van der Waals surface area (Å²) in [5.74, 6) is -1.13. The normalized spacial score (nSPS) is 10.6. The van der Waals surface area contributed by atoms with Gasteiger partial charge in [-0.15, -0.1) is 0 Å². The Morgan fingerprint density at radius 3 is 2.73 bits per heavy atom. The number of carboxylic acids is 1. The zero-order valence-corrected chi connectivity index (χ0v) is 12.0. The van der Waals surface area contributed by atoms with Crippen molar-refractivity contribution >= 4 is 16.9 Å². The third-order valence-corrected chi connectivity index (χ3v) is 3.70. The molecule has 0 aliphatic carbocycles. The lowest BCUT2D eigenvalue weighted by atomic mass is 9.99. The van der Waals surface area contributed by atoms with E-state index in [0.717, 1.165) is 16.6 Å². The summed E-state index contributed by atoms with van der Waals surface area (Å²) in [5.41, 5.74) is 3.10. The predicted octanol–water partition coefficient (Wildman–Crippen LogP) is 2.51. The maximum atomic E-state index is 11.4. The Morgan fingerprint density at radius 1 is 1.36 bits per heavy atom. The number of aryl methyl sites for hydroxylation is 1. The van der Waals surface area contributed by atoms with Crippen molar-refractivity contribution in [1.29, 1.82) is 5.26 Å². The summed E-state index contributed by atoms with van der Waals surface area (Å²) < 4.78 is 1.72. The number of fused-ring (bicyclic) bond motifs is 1. The van der Waals surface area contributed by atoms with E-state index in [2.05, 4.69) is 16.2 Å². The van der Waals surface area contributed by atoms with Crippen LogP contribution in [0.25, 0.3) is 22.0 Å². The van der Waals surface area contributed by atoms with Crippen LogP contribution >= 0.6 is 0 Å². The number of benzene rings is 1. The quantitative estimate of drug-likeness (QED) is 0.783. The van der Waals surface area contributed by atoms with Gasteiger partial charge in [-0.1, -0.05) is 12.1 Å². The highest BCUT2D eigenvalue weighted by atomic mass is 16.4. The van der Waals surface area contributed by atoms with Gasteiger partial charge in [0.2, 0.25) is 0 Å². The lowest BCUT2D eigenvalue weighted by Gasteiger charge is -2.09. The Bertz CT molecular complexity index is 951. The van der Waals surface area contributed by atoms with Crippen LogP contribution in [0, 0.1) is 18.3 Å². The molecule has 0 fully saturated rings. The molecular weight excluding hydrogens is 280 g/mol. The van der Waals surface area contributed by atoms with Gasteiger partial charge in [-0.05, 0) is 24.6 Å². The lowest BCUT2D eigenvalue weighted by molar-refractivity contribution is 0.0691. The summed E-state index contributed by atoms with van der Waals surface area (Å²) in [6, 6.07) is 8.80. The van der Waals surface area contributed by atoms with E-state index in [1.54, 1.807) is 23.0 Å². The highest BCUT2D eigenvalue weighted by molar-refractivity contribution is 6.01. The SMILES string of the molecule is Cc1c(-c2cc(C(=O)O)nc3c(C#N)cccc23)cnn1C. The summed E-state index contributed by atoms with van der Waals surface area (Å²) in [6.07, 6.45) is 1.69. The Morgan fingerprint density at radius 2 is 2.14 bits per heavy atom. The number of aromatic carboxylic acids is 1. The molecule has 0 bridgehead atoms. The topological polar surface area (TPSA) is 91.8 Å². The molecule has 0 radical (unpaired) electrons. The number of carboxylic acid groups (broad SMARTS) is 1.